The fourth-order valence-corrected chi connectivity index (χ4v) is 2.18. The summed E-state index contributed by atoms with van der Waals surface area (Å²) in [6.45, 7) is 0.709. The van der Waals surface area contributed by atoms with Crippen LogP contribution in [-0.2, 0) is 6.54 Å². The molecule has 2 rings (SSSR count). The van der Waals surface area contributed by atoms with Crippen molar-refractivity contribution in [1.29, 1.82) is 0 Å². The molecule has 2 aromatic rings. The smallest absolute Gasteiger partial charge is 0.141 e. The SMILES string of the molecule is CNCc1cc(Cl)ccc1Oc1ccccc1Br. The van der Waals surface area contributed by atoms with Crippen LogP contribution in [0.5, 0.6) is 11.5 Å². The third-order valence-corrected chi connectivity index (χ3v) is 3.34. The van der Waals surface area contributed by atoms with Crippen molar-refractivity contribution in [1.82, 2.24) is 5.32 Å². The van der Waals surface area contributed by atoms with Gasteiger partial charge in [0.15, 0.2) is 0 Å². The summed E-state index contributed by atoms with van der Waals surface area (Å²) in [7, 11) is 1.89. The Kier molecular flexibility index (Phi) is 4.64. The quantitative estimate of drug-likeness (QED) is 0.885. The van der Waals surface area contributed by atoms with Crippen molar-refractivity contribution in [3.63, 3.8) is 0 Å². The normalized spacial score (nSPS) is 10.4. The van der Waals surface area contributed by atoms with Gasteiger partial charge in [-0.1, -0.05) is 23.7 Å². The second-order valence-corrected chi connectivity index (χ2v) is 5.11. The minimum Gasteiger partial charge on any atom is -0.456 e. The fourth-order valence-electron chi connectivity index (χ4n) is 1.62. The first-order valence-corrected chi connectivity index (χ1v) is 6.73. The number of hydrogen-bond donors (Lipinski definition) is 1. The van der Waals surface area contributed by atoms with Gasteiger partial charge in [0.05, 0.1) is 4.47 Å². The maximum Gasteiger partial charge on any atom is 0.141 e. The highest BCUT2D eigenvalue weighted by molar-refractivity contribution is 9.10. The van der Waals surface area contributed by atoms with Crippen LogP contribution in [0.3, 0.4) is 0 Å². The molecule has 0 saturated heterocycles. The Morgan fingerprint density at radius 2 is 1.94 bits per heavy atom. The minimum atomic E-state index is 0.708. The van der Waals surface area contributed by atoms with E-state index in [1.807, 2.05) is 49.5 Å². The molecule has 0 aliphatic carbocycles. The van der Waals surface area contributed by atoms with Crippen molar-refractivity contribution >= 4 is 27.5 Å². The molecule has 0 amide bonds. The summed E-state index contributed by atoms with van der Waals surface area (Å²) < 4.78 is 6.83. The molecule has 4 heteroatoms. The largest absolute Gasteiger partial charge is 0.456 e. The first-order valence-electron chi connectivity index (χ1n) is 5.56. The van der Waals surface area contributed by atoms with Crippen molar-refractivity contribution in [3.8, 4) is 11.5 Å². The number of rotatable bonds is 4. The molecule has 18 heavy (non-hydrogen) atoms. The fraction of sp³-hybridized carbons (Fsp3) is 0.143. The highest BCUT2D eigenvalue weighted by Crippen LogP contribution is 2.32. The lowest BCUT2D eigenvalue weighted by atomic mass is 10.2. The zero-order valence-corrected chi connectivity index (χ0v) is 12.3. The molecular formula is C14H13BrClNO. The molecule has 1 N–H and O–H groups in total. The molecule has 0 aromatic heterocycles. The van der Waals surface area contributed by atoms with E-state index in [1.54, 1.807) is 0 Å². The molecule has 0 unspecified atom stereocenters. The van der Waals surface area contributed by atoms with Crippen LogP contribution < -0.4 is 10.1 Å². The van der Waals surface area contributed by atoms with E-state index in [0.29, 0.717) is 11.6 Å². The van der Waals surface area contributed by atoms with Gasteiger partial charge in [0.2, 0.25) is 0 Å². The van der Waals surface area contributed by atoms with Crippen molar-refractivity contribution in [2.45, 2.75) is 6.54 Å². The van der Waals surface area contributed by atoms with E-state index >= 15 is 0 Å². The Bertz CT molecular complexity index is 545. The van der Waals surface area contributed by atoms with E-state index in [-0.39, 0.29) is 0 Å². The molecule has 0 radical (unpaired) electrons. The van der Waals surface area contributed by atoms with Gasteiger partial charge < -0.3 is 10.1 Å². The predicted octanol–water partition coefficient (Wildman–Crippen LogP) is 4.61. The molecule has 0 fully saturated rings. The number of benzene rings is 2. The molecule has 94 valence electrons. The highest BCUT2D eigenvalue weighted by atomic mass is 79.9. The average molecular weight is 327 g/mol. The molecular weight excluding hydrogens is 314 g/mol. The van der Waals surface area contributed by atoms with Gasteiger partial charge in [-0.15, -0.1) is 0 Å². The van der Waals surface area contributed by atoms with Crippen LogP contribution in [-0.4, -0.2) is 7.05 Å². The Morgan fingerprint density at radius 1 is 1.17 bits per heavy atom. The number of halogens is 2. The zero-order valence-electron chi connectivity index (χ0n) is 9.91. The van der Waals surface area contributed by atoms with Crippen LogP contribution in [0.25, 0.3) is 0 Å². The van der Waals surface area contributed by atoms with Crippen LogP contribution in [0.15, 0.2) is 46.9 Å². The monoisotopic (exact) mass is 325 g/mol. The lowest BCUT2D eigenvalue weighted by Gasteiger charge is -2.12. The number of para-hydroxylation sites is 1. The van der Waals surface area contributed by atoms with Crippen LogP contribution in [0.4, 0.5) is 0 Å². The topological polar surface area (TPSA) is 21.3 Å². The standard InChI is InChI=1S/C14H13BrClNO/c1-17-9-10-8-11(16)6-7-13(10)18-14-5-3-2-4-12(14)15/h2-8,17H,9H2,1H3. The van der Waals surface area contributed by atoms with Gasteiger partial charge in [-0.3, -0.25) is 0 Å². The van der Waals surface area contributed by atoms with E-state index in [2.05, 4.69) is 21.2 Å². The summed E-state index contributed by atoms with van der Waals surface area (Å²) in [6.07, 6.45) is 0. The third-order valence-electron chi connectivity index (χ3n) is 2.45. The second kappa shape index (κ2) is 6.23. The van der Waals surface area contributed by atoms with Gasteiger partial charge in [0.1, 0.15) is 11.5 Å². The van der Waals surface area contributed by atoms with Gasteiger partial charge in [0.25, 0.3) is 0 Å². The Balaban J connectivity index is 2.31. The average Bonchev–Trinajstić information content (AvgIpc) is 2.35. The summed E-state index contributed by atoms with van der Waals surface area (Å²) >= 11 is 9.46. The van der Waals surface area contributed by atoms with Crippen molar-refractivity contribution in [2.75, 3.05) is 7.05 Å². The van der Waals surface area contributed by atoms with Gasteiger partial charge in [-0.05, 0) is 53.3 Å². The molecule has 0 saturated carbocycles. The van der Waals surface area contributed by atoms with E-state index in [9.17, 15) is 0 Å². The molecule has 0 spiro atoms. The molecule has 2 nitrogen and oxygen atoms in total. The number of hydrogen-bond acceptors (Lipinski definition) is 2. The zero-order chi connectivity index (χ0) is 13.0. The Labute approximate surface area is 120 Å². The first kappa shape index (κ1) is 13.4. The molecule has 0 heterocycles. The summed E-state index contributed by atoms with van der Waals surface area (Å²) in [5.41, 5.74) is 1.03. The summed E-state index contributed by atoms with van der Waals surface area (Å²) in [6, 6.07) is 13.4. The van der Waals surface area contributed by atoms with Gasteiger partial charge >= 0.3 is 0 Å². The highest BCUT2D eigenvalue weighted by Gasteiger charge is 2.07. The predicted molar refractivity (Wildman–Crippen MR) is 78.4 cm³/mol. The Hall–Kier alpha value is -1.03. The van der Waals surface area contributed by atoms with Crippen LogP contribution in [0.1, 0.15) is 5.56 Å². The van der Waals surface area contributed by atoms with E-state index in [4.69, 9.17) is 16.3 Å². The van der Waals surface area contributed by atoms with Gasteiger partial charge in [-0.25, -0.2) is 0 Å². The maximum atomic E-state index is 5.99. The van der Waals surface area contributed by atoms with Gasteiger partial charge in [-0.2, -0.15) is 0 Å². The molecule has 0 atom stereocenters. The summed E-state index contributed by atoms with van der Waals surface area (Å²) in [5, 5.41) is 3.81. The first-order chi connectivity index (χ1) is 8.70. The lowest BCUT2D eigenvalue weighted by Crippen LogP contribution is -2.06. The van der Waals surface area contributed by atoms with Crippen molar-refractivity contribution < 1.29 is 4.74 Å². The maximum absolute atomic E-state index is 5.99. The van der Waals surface area contributed by atoms with Crippen molar-refractivity contribution in [3.05, 3.63) is 57.5 Å². The number of nitrogens with one attached hydrogen (secondary N) is 1. The molecule has 2 aromatic carbocycles. The minimum absolute atomic E-state index is 0.708. The summed E-state index contributed by atoms with van der Waals surface area (Å²) in [4.78, 5) is 0. The molecule has 0 aliphatic rings. The van der Waals surface area contributed by atoms with E-state index < -0.39 is 0 Å². The second-order valence-electron chi connectivity index (χ2n) is 3.81. The lowest BCUT2D eigenvalue weighted by molar-refractivity contribution is 0.471. The van der Waals surface area contributed by atoms with Crippen LogP contribution in [0.2, 0.25) is 5.02 Å². The summed E-state index contributed by atoms with van der Waals surface area (Å²) in [5.74, 6) is 1.60. The molecule has 0 aliphatic heterocycles. The van der Waals surface area contributed by atoms with Crippen LogP contribution in [0, 0.1) is 0 Å². The van der Waals surface area contributed by atoms with Crippen LogP contribution >= 0.6 is 27.5 Å². The number of ether oxygens (including phenoxy) is 1. The third kappa shape index (κ3) is 3.25. The van der Waals surface area contributed by atoms with Gasteiger partial charge in [0, 0.05) is 17.1 Å². The van der Waals surface area contributed by atoms with E-state index in [1.165, 1.54) is 0 Å². The van der Waals surface area contributed by atoms with Crippen molar-refractivity contribution in [2.24, 2.45) is 0 Å². The Morgan fingerprint density at radius 3 is 2.67 bits per heavy atom. The van der Waals surface area contributed by atoms with E-state index in [0.717, 1.165) is 21.5 Å². The molecule has 0 bridgehead atoms.